The van der Waals surface area contributed by atoms with Crippen LogP contribution in [0, 0.1) is 5.41 Å². The van der Waals surface area contributed by atoms with E-state index in [0.717, 1.165) is 0 Å². The van der Waals surface area contributed by atoms with Crippen LogP contribution in [0.2, 0.25) is 0 Å². The van der Waals surface area contributed by atoms with Gasteiger partial charge >= 0.3 is 0 Å². The second-order valence-electron chi connectivity index (χ2n) is 2.12. The van der Waals surface area contributed by atoms with Gasteiger partial charge in [0.15, 0.2) is 0 Å². The van der Waals surface area contributed by atoms with Crippen molar-refractivity contribution >= 4 is 6.21 Å². The number of hydrogen-bond acceptors (Lipinski definition) is 2. The summed E-state index contributed by atoms with van der Waals surface area (Å²) >= 11 is 0. The van der Waals surface area contributed by atoms with Crippen molar-refractivity contribution in [3.05, 3.63) is 0 Å². The molecule has 0 aromatic carbocycles. The standard InChI is InChI=1S/C4H8FN.C2H5N/c5-3-1-4(6)2-3;1-2-3/h3-4H,1-2,6H2;2-3H,1H3. The molecule has 1 rings (SSSR count). The van der Waals surface area contributed by atoms with Crippen LogP contribution < -0.4 is 5.73 Å². The topological polar surface area (TPSA) is 49.9 Å². The van der Waals surface area contributed by atoms with Crippen molar-refractivity contribution in [1.82, 2.24) is 0 Å². The molecule has 3 heteroatoms. The average molecular weight is 132 g/mol. The lowest BCUT2D eigenvalue weighted by Gasteiger charge is -2.24. The average Bonchev–Trinajstić information content (AvgIpc) is 1.65. The molecule has 0 spiro atoms. The van der Waals surface area contributed by atoms with Gasteiger partial charge < -0.3 is 11.1 Å². The molecule has 1 fully saturated rings. The van der Waals surface area contributed by atoms with E-state index in [2.05, 4.69) is 0 Å². The van der Waals surface area contributed by atoms with Gasteiger partial charge in [-0.15, -0.1) is 0 Å². The van der Waals surface area contributed by atoms with Crippen LogP contribution in [-0.2, 0) is 0 Å². The highest BCUT2D eigenvalue weighted by atomic mass is 19.1. The molecule has 0 atom stereocenters. The molecule has 0 unspecified atom stereocenters. The van der Waals surface area contributed by atoms with Gasteiger partial charge in [0.25, 0.3) is 0 Å². The maximum atomic E-state index is 11.7. The van der Waals surface area contributed by atoms with Crippen LogP contribution in [0.4, 0.5) is 4.39 Å². The Morgan fingerprint density at radius 2 is 2.00 bits per heavy atom. The van der Waals surface area contributed by atoms with E-state index in [0.29, 0.717) is 12.8 Å². The summed E-state index contributed by atoms with van der Waals surface area (Å²) in [5.41, 5.74) is 5.23. The van der Waals surface area contributed by atoms with Gasteiger partial charge in [-0.1, -0.05) is 0 Å². The summed E-state index contributed by atoms with van der Waals surface area (Å²) in [7, 11) is 0. The second kappa shape index (κ2) is 4.44. The van der Waals surface area contributed by atoms with E-state index in [-0.39, 0.29) is 6.04 Å². The lowest BCUT2D eigenvalue weighted by atomic mass is 9.92. The summed E-state index contributed by atoms with van der Waals surface area (Å²) in [5, 5.41) is 6.08. The highest BCUT2D eigenvalue weighted by Crippen LogP contribution is 2.20. The Hall–Kier alpha value is -0.440. The molecular weight excluding hydrogens is 119 g/mol. The number of alkyl halides is 1. The van der Waals surface area contributed by atoms with Crippen LogP contribution in [0.15, 0.2) is 0 Å². The summed E-state index contributed by atoms with van der Waals surface area (Å²) in [4.78, 5) is 0. The molecule has 0 aromatic heterocycles. The predicted octanol–water partition coefficient (Wildman–Crippen LogP) is 1.10. The van der Waals surface area contributed by atoms with Gasteiger partial charge in [0, 0.05) is 6.04 Å². The van der Waals surface area contributed by atoms with Crippen LogP contribution in [0.1, 0.15) is 19.8 Å². The fourth-order valence-corrected chi connectivity index (χ4v) is 0.588. The minimum absolute atomic E-state index is 0.167. The number of nitrogens with two attached hydrogens (primary N) is 1. The Bertz CT molecular complexity index is 73.1. The molecule has 0 aliphatic heterocycles. The highest BCUT2D eigenvalue weighted by Gasteiger charge is 2.24. The molecule has 0 aromatic rings. The Morgan fingerprint density at radius 1 is 1.67 bits per heavy atom. The van der Waals surface area contributed by atoms with E-state index in [1.807, 2.05) is 0 Å². The van der Waals surface area contributed by atoms with Crippen LogP contribution in [0.25, 0.3) is 0 Å². The Kier molecular flexibility index (Phi) is 4.22. The van der Waals surface area contributed by atoms with E-state index >= 15 is 0 Å². The molecule has 1 aliphatic carbocycles. The van der Waals surface area contributed by atoms with Gasteiger partial charge in [-0.2, -0.15) is 0 Å². The SMILES string of the molecule is CC=N.NC1CC(F)C1. The third kappa shape index (κ3) is 4.09. The van der Waals surface area contributed by atoms with E-state index < -0.39 is 6.17 Å². The van der Waals surface area contributed by atoms with E-state index in [1.54, 1.807) is 6.92 Å². The molecule has 1 aliphatic rings. The number of hydrogen-bond donors (Lipinski definition) is 2. The molecule has 1 saturated carbocycles. The molecule has 54 valence electrons. The highest BCUT2D eigenvalue weighted by molar-refractivity contribution is 5.48. The zero-order valence-corrected chi connectivity index (χ0v) is 5.60. The molecule has 0 radical (unpaired) electrons. The van der Waals surface area contributed by atoms with E-state index in [1.165, 1.54) is 6.21 Å². The summed E-state index contributed by atoms with van der Waals surface area (Å²) in [5.74, 6) is 0. The zero-order valence-electron chi connectivity index (χ0n) is 5.60. The largest absolute Gasteiger partial charge is 0.327 e. The fourth-order valence-electron chi connectivity index (χ4n) is 0.588. The van der Waals surface area contributed by atoms with Crippen molar-refractivity contribution < 1.29 is 4.39 Å². The quantitative estimate of drug-likeness (QED) is 0.476. The molecular formula is C6H13FN2. The minimum Gasteiger partial charge on any atom is -0.327 e. The van der Waals surface area contributed by atoms with Crippen LogP contribution in [-0.4, -0.2) is 18.4 Å². The van der Waals surface area contributed by atoms with E-state index in [9.17, 15) is 4.39 Å². The molecule has 2 nitrogen and oxygen atoms in total. The Morgan fingerprint density at radius 3 is 2.00 bits per heavy atom. The van der Waals surface area contributed by atoms with Crippen LogP contribution >= 0.6 is 0 Å². The summed E-state index contributed by atoms with van der Waals surface area (Å²) in [6.07, 6.45) is 1.83. The third-order valence-corrected chi connectivity index (χ3v) is 1.12. The molecule has 0 heterocycles. The summed E-state index contributed by atoms with van der Waals surface area (Å²) in [6.45, 7) is 1.67. The Balaban J connectivity index is 0.000000187. The van der Waals surface area contributed by atoms with E-state index in [4.69, 9.17) is 11.1 Å². The van der Waals surface area contributed by atoms with Gasteiger partial charge in [-0.25, -0.2) is 4.39 Å². The van der Waals surface area contributed by atoms with Crippen LogP contribution in [0.5, 0.6) is 0 Å². The van der Waals surface area contributed by atoms with Crippen LogP contribution in [0.3, 0.4) is 0 Å². The normalized spacial score (nSPS) is 31.4. The Labute approximate surface area is 54.8 Å². The number of halogens is 1. The molecule has 0 bridgehead atoms. The first-order valence-electron chi connectivity index (χ1n) is 3.05. The van der Waals surface area contributed by atoms with Gasteiger partial charge in [-0.05, 0) is 26.0 Å². The monoisotopic (exact) mass is 132 g/mol. The maximum Gasteiger partial charge on any atom is 0.103 e. The smallest absolute Gasteiger partial charge is 0.103 e. The molecule has 9 heavy (non-hydrogen) atoms. The fraction of sp³-hybridized carbons (Fsp3) is 0.833. The first-order valence-corrected chi connectivity index (χ1v) is 3.05. The number of rotatable bonds is 0. The predicted molar refractivity (Wildman–Crippen MR) is 36.6 cm³/mol. The maximum absolute atomic E-state index is 11.7. The second-order valence-corrected chi connectivity index (χ2v) is 2.12. The van der Waals surface area contributed by atoms with Gasteiger partial charge in [0.05, 0.1) is 0 Å². The van der Waals surface area contributed by atoms with Crippen molar-refractivity contribution in [3.63, 3.8) is 0 Å². The van der Waals surface area contributed by atoms with Crippen molar-refractivity contribution in [2.24, 2.45) is 5.73 Å². The third-order valence-electron chi connectivity index (χ3n) is 1.12. The first-order chi connectivity index (χ1) is 4.20. The molecule has 0 saturated heterocycles. The van der Waals surface area contributed by atoms with Crippen molar-refractivity contribution in [3.8, 4) is 0 Å². The molecule has 0 amide bonds. The van der Waals surface area contributed by atoms with Crippen molar-refractivity contribution in [1.29, 1.82) is 5.41 Å². The lowest BCUT2D eigenvalue weighted by molar-refractivity contribution is 0.181. The lowest BCUT2D eigenvalue weighted by Crippen LogP contribution is -2.37. The van der Waals surface area contributed by atoms with Gasteiger partial charge in [-0.3, -0.25) is 0 Å². The van der Waals surface area contributed by atoms with Gasteiger partial charge in [0.2, 0.25) is 0 Å². The minimum atomic E-state index is -0.583. The number of nitrogens with one attached hydrogen (secondary N) is 1. The van der Waals surface area contributed by atoms with Crippen molar-refractivity contribution in [2.45, 2.75) is 32.0 Å². The van der Waals surface area contributed by atoms with Gasteiger partial charge in [0.1, 0.15) is 6.17 Å². The zero-order chi connectivity index (χ0) is 7.28. The first kappa shape index (κ1) is 8.56. The molecule has 3 N–H and O–H groups in total. The summed E-state index contributed by atoms with van der Waals surface area (Å²) < 4.78 is 11.7. The summed E-state index contributed by atoms with van der Waals surface area (Å²) in [6, 6.07) is 0.167. The van der Waals surface area contributed by atoms with Crippen molar-refractivity contribution in [2.75, 3.05) is 0 Å².